The van der Waals surface area contributed by atoms with Gasteiger partial charge in [0.25, 0.3) is 5.91 Å². The van der Waals surface area contributed by atoms with E-state index in [1.807, 2.05) is 32.0 Å². The van der Waals surface area contributed by atoms with Crippen LogP contribution >= 0.6 is 0 Å². The quantitative estimate of drug-likeness (QED) is 0.200. The Labute approximate surface area is 246 Å². The number of alkyl halides is 3. The SMILES string of the molecule is Cc1ccc(NC(=O)c2ccc(CN3CCC(N(C)C)C3)c(C(F)(F)F)c2)cc1NCc1cnc2[nH]c(C(=O)O)cc2c1. The molecule has 0 aliphatic carbocycles. The highest BCUT2D eigenvalue weighted by Gasteiger charge is 2.35. The maximum Gasteiger partial charge on any atom is 0.416 e. The Bertz CT molecular complexity index is 1670. The van der Waals surface area contributed by atoms with Crippen molar-refractivity contribution in [3.63, 3.8) is 0 Å². The third-order valence-electron chi connectivity index (χ3n) is 7.78. The highest BCUT2D eigenvalue weighted by Crippen LogP contribution is 2.34. The number of aryl methyl sites for hydroxylation is 1. The van der Waals surface area contributed by atoms with Crippen LogP contribution in [0, 0.1) is 6.92 Å². The van der Waals surface area contributed by atoms with Crippen molar-refractivity contribution in [1.82, 2.24) is 19.8 Å². The number of pyridine rings is 1. The molecule has 2 aromatic heterocycles. The molecule has 9 nitrogen and oxygen atoms in total. The van der Waals surface area contributed by atoms with E-state index in [1.165, 1.54) is 18.2 Å². The van der Waals surface area contributed by atoms with E-state index >= 15 is 0 Å². The van der Waals surface area contributed by atoms with E-state index in [-0.39, 0.29) is 23.4 Å². The summed E-state index contributed by atoms with van der Waals surface area (Å²) in [6.07, 6.45) is -2.07. The van der Waals surface area contributed by atoms with Gasteiger partial charge in [-0.3, -0.25) is 9.69 Å². The van der Waals surface area contributed by atoms with Gasteiger partial charge in [0.2, 0.25) is 0 Å². The van der Waals surface area contributed by atoms with Crippen LogP contribution in [0.4, 0.5) is 24.5 Å². The molecule has 0 bridgehead atoms. The lowest BCUT2D eigenvalue weighted by Crippen LogP contribution is -2.31. The summed E-state index contributed by atoms with van der Waals surface area (Å²) in [4.78, 5) is 35.4. The lowest BCUT2D eigenvalue weighted by atomic mass is 10.0. The number of carbonyl (C=O) groups is 2. The summed E-state index contributed by atoms with van der Waals surface area (Å²) >= 11 is 0. The van der Waals surface area contributed by atoms with Crippen molar-refractivity contribution < 1.29 is 27.9 Å². The fourth-order valence-electron chi connectivity index (χ4n) is 5.30. The van der Waals surface area contributed by atoms with E-state index in [0.717, 1.165) is 30.2 Å². The molecule has 1 unspecified atom stereocenters. The standard InChI is InChI=1S/C31H33F3N6O3/c1-18-4-7-23(13-26(18)35-14-19-10-22-12-27(30(42)43)38-28(22)36-15-19)37-29(41)20-5-6-21(25(11-20)31(32,33)34)16-40-9-8-24(17-40)39(2)3/h4-7,10-13,15,24,35H,8-9,14,16-17H2,1-3H3,(H,36,38)(H,37,41)(H,42,43). The van der Waals surface area contributed by atoms with Crippen LogP contribution in [0.2, 0.25) is 0 Å². The minimum absolute atomic E-state index is 0.0497. The largest absolute Gasteiger partial charge is 0.477 e. The second-order valence-corrected chi connectivity index (χ2v) is 11.1. The summed E-state index contributed by atoms with van der Waals surface area (Å²) in [5.74, 6) is -1.71. The van der Waals surface area contributed by atoms with E-state index in [0.29, 0.717) is 41.5 Å². The van der Waals surface area contributed by atoms with Crippen LogP contribution < -0.4 is 10.6 Å². The Hall–Kier alpha value is -4.42. The molecule has 226 valence electrons. The normalized spacial score (nSPS) is 15.7. The van der Waals surface area contributed by atoms with Gasteiger partial charge >= 0.3 is 12.1 Å². The van der Waals surface area contributed by atoms with Crippen LogP contribution in [-0.2, 0) is 19.3 Å². The highest BCUT2D eigenvalue weighted by molar-refractivity contribution is 6.04. The second-order valence-electron chi connectivity index (χ2n) is 11.1. The molecule has 43 heavy (non-hydrogen) atoms. The van der Waals surface area contributed by atoms with Crippen LogP contribution in [0.15, 0.2) is 54.7 Å². The van der Waals surface area contributed by atoms with Crippen molar-refractivity contribution in [3.05, 3.63) is 88.2 Å². The smallest absolute Gasteiger partial charge is 0.416 e. The maximum atomic E-state index is 14.0. The molecule has 0 radical (unpaired) electrons. The third-order valence-corrected chi connectivity index (χ3v) is 7.78. The number of carboxylic acids is 1. The monoisotopic (exact) mass is 594 g/mol. The number of fused-ring (bicyclic) bond motifs is 1. The molecule has 0 spiro atoms. The van der Waals surface area contributed by atoms with Crippen molar-refractivity contribution in [2.75, 3.05) is 37.8 Å². The number of aromatic carboxylic acids is 1. The summed E-state index contributed by atoms with van der Waals surface area (Å²) in [7, 11) is 3.94. The fourth-order valence-corrected chi connectivity index (χ4v) is 5.30. The van der Waals surface area contributed by atoms with Gasteiger partial charge in [0.1, 0.15) is 11.3 Å². The first-order chi connectivity index (χ1) is 20.4. The zero-order valence-corrected chi connectivity index (χ0v) is 24.0. The molecule has 1 aliphatic rings. The topological polar surface area (TPSA) is 114 Å². The van der Waals surface area contributed by atoms with Crippen LogP contribution in [0.5, 0.6) is 0 Å². The Kier molecular flexibility index (Phi) is 8.43. The van der Waals surface area contributed by atoms with Crippen molar-refractivity contribution in [1.29, 1.82) is 0 Å². The summed E-state index contributed by atoms with van der Waals surface area (Å²) in [5, 5.41) is 15.8. The predicted molar refractivity (Wildman–Crippen MR) is 158 cm³/mol. The molecule has 4 N–H and O–H groups in total. The van der Waals surface area contributed by atoms with Crippen molar-refractivity contribution in [2.24, 2.45) is 0 Å². The minimum atomic E-state index is -4.60. The first kappa shape index (κ1) is 30.1. The molecule has 0 saturated carbocycles. The Morgan fingerprint density at radius 2 is 1.93 bits per heavy atom. The molecule has 2 aromatic carbocycles. The molecule has 3 heterocycles. The average molecular weight is 595 g/mol. The van der Waals surface area contributed by atoms with Crippen LogP contribution in [0.25, 0.3) is 11.0 Å². The first-order valence-corrected chi connectivity index (χ1v) is 13.8. The number of carbonyl (C=O) groups excluding carboxylic acids is 1. The van der Waals surface area contributed by atoms with E-state index in [9.17, 15) is 27.9 Å². The van der Waals surface area contributed by atoms with Crippen molar-refractivity contribution in [3.8, 4) is 0 Å². The number of hydrogen-bond donors (Lipinski definition) is 4. The zero-order chi connectivity index (χ0) is 30.9. The highest BCUT2D eigenvalue weighted by atomic mass is 19.4. The number of rotatable bonds is 9. The summed E-state index contributed by atoms with van der Waals surface area (Å²) in [5.41, 5.74) is 2.63. The molecular formula is C31H33F3N6O3. The molecule has 1 saturated heterocycles. The van der Waals surface area contributed by atoms with Gasteiger partial charge in [-0.1, -0.05) is 12.1 Å². The summed E-state index contributed by atoms with van der Waals surface area (Å²) < 4.78 is 42.1. The molecule has 12 heteroatoms. The number of aromatic amines is 1. The Balaban J connectivity index is 1.28. The third kappa shape index (κ3) is 6.98. The number of H-pyrrole nitrogens is 1. The minimum Gasteiger partial charge on any atom is -0.477 e. The number of nitrogens with one attached hydrogen (secondary N) is 3. The van der Waals surface area contributed by atoms with E-state index in [2.05, 4.69) is 25.5 Å². The van der Waals surface area contributed by atoms with Gasteiger partial charge in [-0.05, 0) is 80.5 Å². The molecule has 1 fully saturated rings. The number of carboxylic acid groups (broad SMARTS) is 1. The Morgan fingerprint density at radius 3 is 2.63 bits per heavy atom. The average Bonchev–Trinajstić information content (AvgIpc) is 3.60. The predicted octanol–water partition coefficient (Wildman–Crippen LogP) is 5.59. The van der Waals surface area contributed by atoms with Crippen molar-refractivity contribution >= 4 is 34.3 Å². The van der Waals surface area contributed by atoms with Crippen LogP contribution in [0.1, 0.15) is 49.5 Å². The Morgan fingerprint density at radius 1 is 1.14 bits per heavy atom. The zero-order valence-electron chi connectivity index (χ0n) is 24.0. The molecule has 1 aliphatic heterocycles. The number of nitrogens with zero attached hydrogens (tertiary/aromatic N) is 3. The van der Waals surface area contributed by atoms with Gasteiger partial charge < -0.3 is 25.6 Å². The van der Waals surface area contributed by atoms with Gasteiger partial charge in [0.05, 0.1) is 5.56 Å². The number of benzene rings is 2. The molecule has 1 amide bonds. The van der Waals surface area contributed by atoms with Gasteiger partial charge in [0.15, 0.2) is 0 Å². The van der Waals surface area contributed by atoms with E-state index < -0.39 is 23.6 Å². The fraction of sp³-hybridized carbons (Fsp3) is 0.323. The van der Waals surface area contributed by atoms with E-state index in [4.69, 9.17) is 0 Å². The summed E-state index contributed by atoms with van der Waals surface area (Å²) in [6, 6.07) is 12.6. The molecular weight excluding hydrogens is 561 g/mol. The van der Waals surface area contributed by atoms with Gasteiger partial charge in [-0.25, -0.2) is 9.78 Å². The number of anilines is 2. The number of hydrogen-bond acceptors (Lipinski definition) is 6. The molecule has 5 rings (SSSR count). The lowest BCUT2D eigenvalue weighted by molar-refractivity contribution is -0.138. The van der Waals surface area contributed by atoms with E-state index in [1.54, 1.807) is 24.4 Å². The van der Waals surface area contributed by atoms with Gasteiger partial charge in [-0.15, -0.1) is 0 Å². The number of aromatic nitrogens is 2. The van der Waals surface area contributed by atoms with Gasteiger partial charge in [-0.2, -0.15) is 13.2 Å². The van der Waals surface area contributed by atoms with Crippen LogP contribution in [-0.4, -0.2) is 70.0 Å². The maximum absolute atomic E-state index is 14.0. The molecule has 4 aromatic rings. The van der Waals surface area contributed by atoms with Gasteiger partial charge in [0, 0.05) is 60.7 Å². The number of likely N-dealkylation sites (N-methyl/N-ethyl adjacent to an activating group) is 1. The van der Waals surface area contributed by atoms with Crippen molar-refractivity contribution in [2.45, 2.75) is 38.7 Å². The summed E-state index contributed by atoms with van der Waals surface area (Å²) in [6.45, 7) is 3.84. The number of amides is 1. The number of halogens is 3. The lowest BCUT2D eigenvalue weighted by Gasteiger charge is -2.22. The number of likely N-dealkylation sites (tertiary alicyclic amines) is 1. The second kappa shape index (κ2) is 12.1. The molecule has 1 atom stereocenters. The first-order valence-electron chi connectivity index (χ1n) is 13.8. The van der Waals surface area contributed by atoms with Crippen LogP contribution in [0.3, 0.4) is 0 Å².